The summed E-state index contributed by atoms with van der Waals surface area (Å²) in [5.74, 6) is 0.937. The molecule has 0 aliphatic rings. The van der Waals surface area contributed by atoms with Crippen LogP contribution in [0.2, 0.25) is 0 Å². The minimum atomic E-state index is 0.640. The molecular formula is C28H22O. The lowest BCUT2D eigenvalue weighted by molar-refractivity contribution is 0.344. The molecule has 0 aliphatic heterocycles. The summed E-state index contributed by atoms with van der Waals surface area (Å²) in [6, 6.07) is 36.4. The Hall–Kier alpha value is -3.58. The summed E-state index contributed by atoms with van der Waals surface area (Å²) in [5.41, 5.74) is 4.93. The Bertz CT molecular complexity index is 1290. The van der Waals surface area contributed by atoms with Gasteiger partial charge in [0.2, 0.25) is 0 Å². The largest absolute Gasteiger partial charge is 0.493 e. The SMILES string of the molecule is CCOc1cccc2c(-c3ccccc3)c3ccccc3c(-c3ccccc3)c12. The highest BCUT2D eigenvalue weighted by molar-refractivity contribution is 6.22. The maximum absolute atomic E-state index is 6.12. The first-order chi connectivity index (χ1) is 14.4. The predicted molar refractivity (Wildman–Crippen MR) is 123 cm³/mol. The van der Waals surface area contributed by atoms with Gasteiger partial charge >= 0.3 is 0 Å². The molecule has 0 bridgehead atoms. The van der Waals surface area contributed by atoms with Crippen LogP contribution in [0.25, 0.3) is 43.8 Å². The quantitative estimate of drug-likeness (QED) is 0.292. The topological polar surface area (TPSA) is 9.23 Å². The maximum atomic E-state index is 6.12. The Morgan fingerprint density at radius 1 is 0.517 bits per heavy atom. The fourth-order valence-corrected chi connectivity index (χ4v) is 4.29. The second-order valence-corrected chi connectivity index (χ2v) is 7.14. The van der Waals surface area contributed by atoms with E-state index >= 15 is 0 Å². The van der Waals surface area contributed by atoms with E-state index < -0.39 is 0 Å². The summed E-state index contributed by atoms with van der Waals surface area (Å²) in [5, 5.41) is 4.91. The molecule has 0 heterocycles. The van der Waals surface area contributed by atoms with Gasteiger partial charge in [-0.2, -0.15) is 0 Å². The third-order valence-corrected chi connectivity index (χ3v) is 5.44. The highest BCUT2D eigenvalue weighted by Gasteiger charge is 2.19. The number of hydrogen-bond acceptors (Lipinski definition) is 1. The zero-order chi connectivity index (χ0) is 19.6. The average Bonchev–Trinajstić information content (AvgIpc) is 2.79. The van der Waals surface area contributed by atoms with Crippen LogP contribution in [0.15, 0.2) is 103 Å². The van der Waals surface area contributed by atoms with Gasteiger partial charge in [-0.1, -0.05) is 97.1 Å². The number of rotatable bonds is 4. The Balaban J connectivity index is 2.04. The molecule has 0 spiro atoms. The molecule has 0 aromatic heterocycles. The molecule has 0 radical (unpaired) electrons. The molecule has 1 heteroatoms. The van der Waals surface area contributed by atoms with Crippen LogP contribution in [-0.4, -0.2) is 6.61 Å². The minimum Gasteiger partial charge on any atom is -0.493 e. The van der Waals surface area contributed by atoms with Crippen LogP contribution in [0.1, 0.15) is 6.92 Å². The van der Waals surface area contributed by atoms with Crippen LogP contribution in [0.3, 0.4) is 0 Å². The van der Waals surface area contributed by atoms with Crippen molar-refractivity contribution in [1.29, 1.82) is 0 Å². The normalized spacial score (nSPS) is 11.1. The summed E-state index contributed by atoms with van der Waals surface area (Å²) in [6.45, 7) is 2.68. The van der Waals surface area contributed by atoms with E-state index in [0.717, 1.165) is 5.75 Å². The van der Waals surface area contributed by atoms with E-state index in [9.17, 15) is 0 Å². The van der Waals surface area contributed by atoms with Gasteiger partial charge in [-0.25, -0.2) is 0 Å². The van der Waals surface area contributed by atoms with Crippen LogP contribution in [0.4, 0.5) is 0 Å². The van der Waals surface area contributed by atoms with E-state index in [-0.39, 0.29) is 0 Å². The number of hydrogen-bond donors (Lipinski definition) is 0. The summed E-state index contributed by atoms with van der Waals surface area (Å²) in [4.78, 5) is 0. The molecule has 1 nitrogen and oxygen atoms in total. The van der Waals surface area contributed by atoms with Crippen molar-refractivity contribution in [2.24, 2.45) is 0 Å². The van der Waals surface area contributed by atoms with E-state index in [2.05, 4.69) is 103 Å². The molecule has 5 rings (SSSR count). The predicted octanol–water partition coefficient (Wildman–Crippen LogP) is 7.73. The molecule has 0 N–H and O–H groups in total. The third-order valence-electron chi connectivity index (χ3n) is 5.44. The zero-order valence-corrected chi connectivity index (χ0v) is 16.4. The van der Waals surface area contributed by atoms with Crippen LogP contribution in [0, 0.1) is 0 Å². The highest BCUT2D eigenvalue weighted by Crippen LogP contribution is 2.46. The molecule has 0 unspecified atom stereocenters. The fourth-order valence-electron chi connectivity index (χ4n) is 4.29. The van der Waals surface area contributed by atoms with Crippen LogP contribution < -0.4 is 4.74 Å². The van der Waals surface area contributed by atoms with E-state index in [4.69, 9.17) is 4.74 Å². The third kappa shape index (κ3) is 2.96. The molecule has 5 aromatic carbocycles. The maximum Gasteiger partial charge on any atom is 0.127 e. The molecule has 140 valence electrons. The molecule has 0 saturated carbocycles. The van der Waals surface area contributed by atoms with Crippen LogP contribution in [-0.2, 0) is 0 Å². The highest BCUT2D eigenvalue weighted by atomic mass is 16.5. The minimum absolute atomic E-state index is 0.640. The van der Waals surface area contributed by atoms with Gasteiger partial charge in [0.05, 0.1) is 6.61 Å². The second kappa shape index (κ2) is 7.44. The number of ether oxygens (including phenoxy) is 1. The van der Waals surface area contributed by atoms with Crippen molar-refractivity contribution in [3.8, 4) is 28.0 Å². The van der Waals surface area contributed by atoms with Gasteiger partial charge in [-0.05, 0) is 45.8 Å². The van der Waals surface area contributed by atoms with Crippen molar-refractivity contribution in [2.75, 3.05) is 6.61 Å². The molecular weight excluding hydrogens is 352 g/mol. The van der Waals surface area contributed by atoms with Crippen molar-refractivity contribution < 1.29 is 4.74 Å². The average molecular weight is 374 g/mol. The van der Waals surface area contributed by atoms with E-state index in [1.165, 1.54) is 43.8 Å². The van der Waals surface area contributed by atoms with E-state index in [1.807, 2.05) is 6.92 Å². The smallest absolute Gasteiger partial charge is 0.127 e. The van der Waals surface area contributed by atoms with Crippen molar-refractivity contribution in [3.05, 3.63) is 103 Å². The van der Waals surface area contributed by atoms with Crippen LogP contribution in [0.5, 0.6) is 5.75 Å². The summed E-state index contributed by atoms with van der Waals surface area (Å²) in [6.07, 6.45) is 0. The van der Waals surface area contributed by atoms with Crippen molar-refractivity contribution in [2.45, 2.75) is 6.92 Å². The summed E-state index contributed by atoms with van der Waals surface area (Å²) >= 11 is 0. The van der Waals surface area contributed by atoms with Crippen molar-refractivity contribution >= 4 is 21.5 Å². The molecule has 0 saturated heterocycles. The lowest BCUT2D eigenvalue weighted by Crippen LogP contribution is -1.96. The lowest BCUT2D eigenvalue weighted by atomic mass is 9.85. The first-order valence-electron chi connectivity index (χ1n) is 10.1. The van der Waals surface area contributed by atoms with Gasteiger partial charge in [0.1, 0.15) is 5.75 Å². The van der Waals surface area contributed by atoms with Gasteiger partial charge in [-0.3, -0.25) is 0 Å². The van der Waals surface area contributed by atoms with E-state index in [1.54, 1.807) is 0 Å². The Labute approximate surface area is 171 Å². The Kier molecular flexibility index (Phi) is 4.50. The summed E-state index contributed by atoms with van der Waals surface area (Å²) in [7, 11) is 0. The van der Waals surface area contributed by atoms with Gasteiger partial charge in [0.15, 0.2) is 0 Å². The van der Waals surface area contributed by atoms with Gasteiger partial charge in [0, 0.05) is 10.9 Å². The van der Waals surface area contributed by atoms with Crippen molar-refractivity contribution in [1.82, 2.24) is 0 Å². The molecule has 0 atom stereocenters. The van der Waals surface area contributed by atoms with Gasteiger partial charge in [0.25, 0.3) is 0 Å². The Morgan fingerprint density at radius 3 is 1.66 bits per heavy atom. The molecule has 5 aromatic rings. The zero-order valence-electron chi connectivity index (χ0n) is 16.4. The fraction of sp³-hybridized carbons (Fsp3) is 0.0714. The van der Waals surface area contributed by atoms with E-state index in [0.29, 0.717) is 6.61 Å². The van der Waals surface area contributed by atoms with Gasteiger partial charge in [-0.15, -0.1) is 0 Å². The molecule has 29 heavy (non-hydrogen) atoms. The molecule has 0 amide bonds. The van der Waals surface area contributed by atoms with Gasteiger partial charge < -0.3 is 4.74 Å². The summed E-state index contributed by atoms with van der Waals surface area (Å²) < 4.78 is 6.12. The molecule has 0 fully saturated rings. The van der Waals surface area contributed by atoms with Crippen LogP contribution >= 0.6 is 0 Å². The monoisotopic (exact) mass is 374 g/mol. The number of fused-ring (bicyclic) bond motifs is 2. The second-order valence-electron chi connectivity index (χ2n) is 7.14. The lowest BCUT2D eigenvalue weighted by Gasteiger charge is -2.19. The Morgan fingerprint density at radius 2 is 1.03 bits per heavy atom. The molecule has 0 aliphatic carbocycles. The first kappa shape index (κ1) is 17.5. The van der Waals surface area contributed by atoms with Crippen molar-refractivity contribution in [3.63, 3.8) is 0 Å². The number of benzene rings is 5. The standard InChI is InChI=1S/C28H22O/c1-2-29-25-19-11-18-24-26(20-12-5-3-6-13-20)22-16-9-10-17-23(22)27(28(24)25)21-14-7-4-8-15-21/h3-19H,2H2,1H3. The first-order valence-corrected chi connectivity index (χ1v) is 10.1.